The van der Waals surface area contributed by atoms with Crippen LogP contribution in [0.1, 0.15) is 21.7 Å². The van der Waals surface area contributed by atoms with Crippen molar-refractivity contribution in [2.75, 3.05) is 12.4 Å². The minimum absolute atomic E-state index is 0.202. The number of ether oxygens (including phenoxy) is 1. The fourth-order valence-electron chi connectivity index (χ4n) is 2.68. The number of thioether (sulfide) groups is 1. The van der Waals surface area contributed by atoms with Gasteiger partial charge in [-0.2, -0.15) is 5.10 Å². The molecular weight excluding hydrogens is 351 g/mol. The second-order valence-corrected chi connectivity index (χ2v) is 6.84. The highest BCUT2D eigenvalue weighted by Gasteiger charge is 2.20. The molecule has 0 amide bonds. The summed E-state index contributed by atoms with van der Waals surface area (Å²) >= 11 is 1.32. The van der Waals surface area contributed by atoms with E-state index in [1.165, 1.54) is 17.8 Å². The van der Waals surface area contributed by atoms with Gasteiger partial charge in [0.15, 0.2) is 0 Å². The fraction of sp³-hybridized carbons (Fsp3) is 0.200. The van der Waals surface area contributed by atoms with E-state index in [-0.39, 0.29) is 12.4 Å². The Morgan fingerprint density at radius 2 is 1.81 bits per heavy atom. The molecule has 3 aromatic rings. The van der Waals surface area contributed by atoms with Gasteiger partial charge in [0.25, 0.3) is 0 Å². The average molecular weight is 370 g/mol. The van der Waals surface area contributed by atoms with Crippen LogP contribution in [0.5, 0.6) is 0 Å². The standard InChI is InChI=1S/C20H19FN2O2S/c1-14-19(15(2)23(22-14)16-8-4-3-5-9-16)20(24)25-12-13-26-18-11-7-6-10-17(18)21/h3-11H,12-13H2,1-2H3. The van der Waals surface area contributed by atoms with Gasteiger partial charge in [-0.1, -0.05) is 30.3 Å². The van der Waals surface area contributed by atoms with Crippen LogP contribution in [0.3, 0.4) is 0 Å². The topological polar surface area (TPSA) is 44.1 Å². The predicted molar refractivity (Wildman–Crippen MR) is 100 cm³/mol. The van der Waals surface area contributed by atoms with E-state index in [0.717, 1.165) is 11.4 Å². The smallest absolute Gasteiger partial charge is 0.341 e. The van der Waals surface area contributed by atoms with Gasteiger partial charge in [-0.25, -0.2) is 13.9 Å². The Kier molecular flexibility index (Phi) is 5.73. The Balaban J connectivity index is 1.63. The van der Waals surface area contributed by atoms with Crippen molar-refractivity contribution >= 4 is 17.7 Å². The van der Waals surface area contributed by atoms with Crippen LogP contribution in [0.2, 0.25) is 0 Å². The molecule has 134 valence electrons. The van der Waals surface area contributed by atoms with Gasteiger partial charge in [-0.05, 0) is 38.1 Å². The number of halogens is 1. The molecule has 0 radical (unpaired) electrons. The predicted octanol–water partition coefficient (Wildman–Crippen LogP) is 4.58. The summed E-state index contributed by atoms with van der Waals surface area (Å²) in [6, 6.07) is 16.2. The molecule has 0 saturated heterocycles. The molecule has 6 heteroatoms. The molecule has 3 rings (SSSR count). The maximum absolute atomic E-state index is 13.6. The molecule has 1 aromatic heterocycles. The van der Waals surface area contributed by atoms with Crippen molar-refractivity contribution in [3.05, 3.63) is 77.4 Å². The molecule has 4 nitrogen and oxygen atoms in total. The van der Waals surface area contributed by atoms with E-state index in [2.05, 4.69) is 5.10 Å². The third-order valence-corrected chi connectivity index (χ3v) is 4.92. The molecule has 0 atom stereocenters. The summed E-state index contributed by atoms with van der Waals surface area (Å²) < 4.78 is 20.7. The van der Waals surface area contributed by atoms with Gasteiger partial charge in [0, 0.05) is 10.6 Å². The van der Waals surface area contributed by atoms with Crippen LogP contribution in [-0.2, 0) is 4.74 Å². The number of nitrogens with zero attached hydrogens (tertiary/aromatic N) is 2. The average Bonchev–Trinajstić information content (AvgIpc) is 2.95. The van der Waals surface area contributed by atoms with Gasteiger partial charge >= 0.3 is 5.97 Å². The first-order valence-electron chi connectivity index (χ1n) is 8.24. The van der Waals surface area contributed by atoms with Crippen LogP contribution in [0.15, 0.2) is 59.5 Å². The molecule has 0 saturated carbocycles. The SMILES string of the molecule is Cc1nn(-c2ccccc2)c(C)c1C(=O)OCCSc1ccccc1F. The largest absolute Gasteiger partial charge is 0.461 e. The van der Waals surface area contributed by atoms with E-state index in [1.807, 2.05) is 37.3 Å². The van der Waals surface area contributed by atoms with Crippen molar-refractivity contribution < 1.29 is 13.9 Å². The Labute approximate surface area is 156 Å². The third-order valence-electron chi connectivity index (χ3n) is 3.91. The first-order chi connectivity index (χ1) is 12.6. The molecule has 0 aliphatic rings. The van der Waals surface area contributed by atoms with E-state index in [4.69, 9.17) is 4.74 Å². The lowest BCUT2D eigenvalue weighted by atomic mass is 10.2. The highest BCUT2D eigenvalue weighted by atomic mass is 32.2. The Hall–Kier alpha value is -2.60. The lowest BCUT2D eigenvalue weighted by Gasteiger charge is -2.07. The first-order valence-corrected chi connectivity index (χ1v) is 9.22. The summed E-state index contributed by atoms with van der Waals surface area (Å²) in [5.74, 6) is -0.187. The zero-order chi connectivity index (χ0) is 18.5. The molecule has 0 spiro atoms. The zero-order valence-corrected chi connectivity index (χ0v) is 15.4. The van der Waals surface area contributed by atoms with E-state index >= 15 is 0 Å². The normalized spacial score (nSPS) is 10.7. The number of para-hydroxylation sites is 1. The molecule has 0 aliphatic heterocycles. The molecular formula is C20H19FN2O2S. The van der Waals surface area contributed by atoms with Gasteiger partial charge in [0.2, 0.25) is 0 Å². The summed E-state index contributed by atoms with van der Waals surface area (Å²) in [6.45, 7) is 3.84. The number of hydrogen-bond acceptors (Lipinski definition) is 4. The number of esters is 1. The van der Waals surface area contributed by atoms with Crippen molar-refractivity contribution in [1.29, 1.82) is 0 Å². The first kappa shape index (κ1) is 18.2. The molecule has 0 unspecified atom stereocenters. The lowest BCUT2D eigenvalue weighted by molar-refractivity contribution is 0.0528. The minimum atomic E-state index is -0.406. The number of rotatable bonds is 6. The maximum atomic E-state index is 13.6. The number of carbonyl (C=O) groups is 1. The van der Waals surface area contributed by atoms with Crippen LogP contribution in [0.4, 0.5) is 4.39 Å². The van der Waals surface area contributed by atoms with Crippen molar-refractivity contribution in [2.24, 2.45) is 0 Å². The Morgan fingerprint density at radius 1 is 1.12 bits per heavy atom. The minimum Gasteiger partial charge on any atom is -0.461 e. The highest BCUT2D eigenvalue weighted by Crippen LogP contribution is 2.22. The van der Waals surface area contributed by atoms with E-state index < -0.39 is 5.97 Å². The molecule has 0 bridgehead atoms. The monoisotopic (exact) mass is 370 g/mol. The van der Waals surface area contributed by atoms with Gasteiger partial charge in [-0.3, -0.25) is 0 Å². The fourth-order valence-corrected chi connectivity index (χ4v) is 3.45. The molecule has 0 N–H and O–H groups in total. The number of carbonyl (C=O) groups excluding carboxylic acids is 1. The van der Waals surface area contributed by atoms with Crippen molar-refractivity contribution in [1.82, 2.24) is 9.78 Å². The Bertz CT molecular complexity index is 909. The van der Waals surface area contributed by atoms with Crippen molar-refractivity contribution in [2.45, 2.75) is 18.7 Å². The van der Waals surface area contributed by atoms with Crippen LogP contribution in [-0.4, -0.2) is 28.1 Å². The lowest BCUT2D eigenvalue weighted by Crippen LogP contribution is -2.10. The number of hydrogen-bond donors (Lipinski definition) is 0. The summed E-state index contributed by atoms with van der Waals surface area (Å²) in [6.07, 6.45) is 0. The van der Waals surface area contributed by atoms with Crippen LogP contribution in [0, 0.1) is 19.7 Å². The summed E-state index contributed by atoms with van der Waals surface area (Å²) in [4.78, 5) is 13.0. The molecule has 2 aromatic carbocycles. The van der Waals surface area contributed by atoms with Crippen LogP contribution < -0.4 is 0 Å². The van der Waals surface area contributed by atoms with Gasteiger partial charge in [0.1, 0.15) is 18.0 Å². The molecule has 26 heavy (non-hydrogen) atoms. The summed E-state index contributed by atoms with van der Waals surface area (Å²) in [7, 11) is 0. The summed E-state index contributed by atoms with van der Waals surface area (Å²) in [5, 5.41) is 4.45. The van der Waals surface area contributed by atoms with E-state index in [1.54, 1.807) is 29.8 Å². The molecule has 0 aliphatic carbocycles. The van der Waals surface area contributed by atoms with E-state index in [0.29, 0.717) is 21.9 Å². The van der Waals surface area contributed by atoms with Gasteiger partial charge in [-0.15, -0.1) is 11.8 Å². The second-order valence-electron chi connectivity index (χ2n) is 5.71. The van der Waals surface area contributed by atoms with Crippen molar-refractivity contribution in [3.8, 4) is 5.69 Å². The zero-order valence-electron chi connectivity index (χ0n) is 14.6. The molecule has 0 fully saturated rings. The van der Waals surface area contributed by atoms with Crippen LogP contribution >= 0.6 is 11.8 Å². The number of aryl methyl sites for hydroxylation is 1. The van der Waals surface area contributed by atoms with Gasteiger partial charge < -0.3 is 4.74 Å². The summed E-state index contributed by atoms with van der Waals surface area (Å²) in [5.41, 5.74) is 2.73. The number of aromatic nitrogens is 2. The number of benzene rings is 2. The van der Waals surface area contributed by atoms with Gasteiger partial charge in [0.05, 0.1) is 17.1 Å². The molecule has 1 heterocycles. The van der Waals surface area contributed by atoms with Crippen LogP contribution in [0.25, 0.3) is 5.69 Å². The maximum Gasteiger partial charge on any atom is 0.341 e. The highest BCUT2D eigenvalue weighted by molar-refractivity contribution is 7.99. The van der Waals surface area contributed by atoms with E-state index in [9.17, 15) is 9.18 Å². The third kappa shape index (κ3) is 3.96. The quantitative estimate of drug-likeness (QED) is 0.362. The Morgan fingerprint density at radius 3 is 2.54 bits per heavy atom. The van der Waals surface area contributed by atoms with Crippen molar-refractivity contribution in [3.63, 3.8) is 0 Å². The second kappa shape index (κ2) is 8.19.